The summed E-state index contributed by atoms with van der Waals surface area (Å²) in [5.41, 5.74) is -1.64. The van der Waals surface area contributed by atoms with Gasteiger partial charge in [0.05, 0.1) is 23.9 Å². The number of carbonyl (C=O) groups is 4. The summed E-state index contributed by atoms with van der Waals surface area (Å²) in [6, 6.07) is 9.69. The maximum Gasteiger partial charge on any atom is 0.271 e. The number of hydrogen-bond donors (Lipinski definition) is 0. The Morgan fingerprint density at radius 3 is 2.32 bits per heavy atom. The van der Waals surface area contributed by atoms with E-state index in [-0.39, 0.29) is 28.3 Å². The molecule has 2 amide bonds. The van der Waals surface area contributed by atoms with Gasteiger partial charge in [-0.3, -0.25) is 34.2 Å². The largest absolute Gasteiger partial charge is 0.495 e. The Labute approximate surface area is 193 Å². The number of anilines is 1. The summed E-state index contributed by atoms with van der Waals surface area (Å²) < 4.78 is 5.29. The molecule has 2 aromatic carbocycles. The molecule has 3 aliphatic heterocycles. The first-order valence-electron chi connectivity index (χ1n) is 11.0. The van der Waals surface area contributed by atoms with E-state index in [9.17, 15) is 29.3 Å². The number of rotatable bonds is 3. The lowest BCUT2D eigenvalue weighted by molar-refractivity contribution is -0.384. The van der Waals surface area contributed by atoms with Gasteiger partial charge in [0.25, 0.3) is 5.69 Å². The van der Waals surface area contributed by atoms with Gasteiger partial charge < -0.3 is 4.74 Å². The Morgan fingerprint density at radius 1 is 1.03 bits per heavy atom. The Hall–Kier alpha value is -3.92. The molecule has 4 aliphatic rings. The minimum absolute atomic E-state index is 0.0591. The maximum absolute atomic E-state index is 13.9. The van der Waals surface area contributed by atoms with Gasteiger partial charge in [0.15, 0.2) is 17.1 Å². The van der Waals surface area contributed by atoms with E-state index in [0.717, 1.165) is 11.0 Å². The summed E-state index contributed by atoms with van der Waals surface area (Å²) in [6.07, 6.45) is 1.26. The van der Waals surface area contributed by atoms with Crippen molar-refractivity contribution in [3.05, 3.63) is 63.7 Å². The van der Waals surface area contributed by atoms with E-state index in [1.54, 1.807) is 29.2 Å². The van der Waals surface area contributed by atoms with Crippen LogP contribution in [0.4, 0.5) is 11.4 Å². The molecule has 0 radical (unpaired) electrons. The summed E-state index contributed by atoms with van der Waals surface area (Å²) in [5.74, 6) is -4.19. The third kappa shape index (κ3) is 2.23. The van der Waals surface area contributed by atoms with Gasteiger partial charge in [0.1, 0.15) is 11.4 Å². The number of ketones is 2. The zero-order chi connectivity index (χ0) is 23.9. The van der Waals surface area contributed by atoms with Gasteiger partial charge in [-0.05, 0) is 25.5 Å². The van der Waals surface area contributed by atoms with E-state index in [4.69, 9.17) is 4.74 Å². The van der Waals surface area contributed by atoms with Gasteiger partial charge in [0, 0.05) is 29.3 Å². The van der Waals surface area contributed by atoms with Crippen molar-refractivity contribution in [2.45, 2.75) is 24.4 Å². The molecule has 10 nitrogen and oxygen atoms in total. The molecule has 3 saturated heterocycles. The first-order chi connectivity index (χ1) is 16.3. The molecule has 3 atom stereocenters. The first-order valence-corrected chi connectivity index (χ1v) is 11.0. The molecule has 34 heavy (non-hydrogen) atoms. The van der Waals surface area contributed by atoms with Crippen LogP contribution in [-0.4, -0.2) is 58.4 Å². The second kappa shape index (κ2) is 6.80. The molecule has 10 heteroatoms. The minimum Gasteiger partial charge on any atom is -0.495 e. The number of amides is 2. The van der Waals surface area contributed by atoms with Crippen molar-refractivity contribution >= 4 is 34.8 Å². The van der Waals surface area contributed by atoms with Gasteiger partial charge in [-0.1, -0.05) is 24.3 Å². The van der Waals surface area contributed by atoms with Gasteiger partial charge in [-0.25, -0.2) is 4.90 Å². The van der Waals surface area contributed by atoms with Crippen LogP contribution in [0.2, 0.25) is 0 Å². The average Bonchev–Trinajstić information content (AvgIpc) is 3.53. The van der Waals surface area contributed by atoms with E-state index < -0.39 is 51.7 Å². The quantitative estimate of drug-likeness (QED) is 0.294. The number of nitro groups is 1. The third-order valence-corrected chi connectivity index (χ3v) is 7.69. The van der Waals surface area contributed by atoms with Gasteiger partial charge in [-0.2, -0.15) is 0 Å². The fraction of sp³-hybridized carbons (Fsp3) is 0.333. The molecule has 3 fully saturated rings. The van der Waals surface area contributed by atoms with E-state index in [0.29, 0.717) is 19.4 Å². The van der Waals surface area contributed by atoms with Crippen LogP contribution in [0.15, 0.2) is 42.5 Å². The monoisotopic (exact) mass is 461 g/mol. The van der Waals surface area contributed by atoms with Crippen LogP contribution in [0, 0.1) is 22.0 Å². The lowest BCUT2D eigenvalue weighted by Gasteiger charge is -2.35. The van der Waals surface area contributed by atoms with Crippen LogP contribution >= 0.6 is 0 Å². The van der Waals surface area contributed by atoms with Crippen LogP contribution in [-0.2, 0) is 9.59 Å². The molecular formula is C24H19N3O7. The highest BCUT2D eigenvalue weighted by Gasteiger charge is 2.77. The lowest BCUT2D eigenvalue weighted by atomic mass is 9.76. The minimum atomic E-state index is -1.77. The molecule has 172 valence electrons. The summed E-state index contributed by atoms with van der Waals surface area (Å²) >= 11 is 0. The molecule has 0 N–H and O–H groups in total. The number of non-ortho nitro benzene ring substituents is 1. The van der Waals surface area contributed by atoms with Crippen molar-refractivity contribution in [2.75, 3.05) is 18.6 Å². The second-order valence-electron chi connectivity index (χ2n) is 9.00. The van der Waals surface area contributed by atoms with E-state index in [1.807, 2.05) is 0 Å². The molecule has 2 aromatic rings. The summed E-state index contributed by atoms with van der Waals surface area (Å²) in [4.78, 5) is 68.7. The first kappa shape index (κ1) is 20.7. The fourth-order valence-electron chi connectivity index (χ4n) is 6.44. The number of ether oxygens (including phenoxy) is 1. The fourth-order valence-corrected chi connectivity index (χ4v) is 6.44. The molecule has 0 saturated carbocycles. The number of benzene rings is 2. The lowest BCUT2D eigenvalue weighted by Crippen LogP contribution is -2.59. The molecular weight excluding hydrogens is 442 g/mol. The highest BCUT2D eigenvalue weighted by Crippen LogP contribution is 2.57. The summed E-state index contributed by atoms with van der Waals surface area (Å²) in [6.45, 7) is 0.434. The zero-order valence-electron chi connectivity index (χ0n) is 18.1. The Morgan fingerprint density at radius 2 is 1.71 bits per heavy atom. The molecule has 1 aliphatic carbocycles. The number of nitrogens with zero attached hydrogens (tertiary/aromatic N) is 3. The van der Waals surface area contributed by atoms with Crippen LogP contribution in [0.5, 0.6) is 5.75 Å². The highest BCUT2D eigenvalue weighted by atomic mass is 16.6. The van der Waals surface area contributed by atoms with E-state index in [1.165, 1.54) is 19.2 Å². The smallest absolute Gasteiger partial charge is 0.271 e. The van der Waals surface area contributed by atoms with Crippen molar-refractivity contribution in [1.82, 2.24) is 4.90 Å². The molecule has 0 unspecified atom stereocenters. The molecule has 0 bridgehead atoms. The molecule has 3 heterocycles. The van der Waals surface area contributed by atoms with Gasteiger partial charge in [0.2, 0.25) is 11.8 Å². The number of nitro benzene ring substituents is 1. The van der Waals surface area contributed by atoms with Gasteiger partial charge >= 0.3 is 0 Å². The van der Waals surface area contributed by atoms with Crippen molar-refractivity contribution in [1.29, 1.82) is 0 Å². The normalized spacial score (nSPS) is 26.9. The predicted octanol–water partition coefficient (Wildman–Crippen LogP) is 2.00. The standard InChI is InChI=1S/C24H19N3O7/c1-34-17-9-8-12(27(32)33)11-16(17)26-22(30)18-15-7-4-10-25(15)24(19(18)23(26)31)20(28)13-5-2-3-6-14(13)21(24)29/h2-3,5-6,8-9,11,15,18-19H,4,7,10H2,1H3/t15-,18-,19+/m1/s1. The van der Waals surface area contributed by atoms with Crippen LogP contribution in [0.3, 0.4) is 0 Å². The second-order valence-corrected chi connectivity index (χ2v) is 9.00. The summed E-state index contributed by atoms with van der Waals surface area (Å²) in [5, 5.41) is 11.4. The number of carbonyl (C=O) groups excluding carboxylic acids is 4. The predicted molar refractivity (Wildman–Crippen MR) is 117 cm³/mol. The SMILES string of the molecule is COc1ccc([N+](=O)[O-])cc1N1C(=O)[C@@H]2[C@H]3CCCN3C3(C(=O)c4ccccc4C3=O)[C@@H]2C1=O. The van der Waals surface area contributed by atoms with E-state index in [2.05, 4.69) is 0 Å². The Kier molecular flexibility index (Phi) is 4.13. The Balaban J connectivity index is 1.54. The van der Waals surface area contributed by atoms with Crippen LogP contribution in [0.25, 0.3) is 0 Å². The molecule has 0 aromatic heterocycles. The molecule has 6 rings (SSSR count). The van der Waals surface area contributed by atoms with Gasteiger partial charge in [-0.15, -0.1) is 0 Å². The van der Waals surface area contributed by atoms with Crippen molar-refractivity contribution in [3.63, 3.8) is 0 Å². The highest BCUT2D eigenvalue weighted by molar-refractivity contribution is 6.38. The summed E-state index contributed by atoms with van der Waals surface area (Å²) in [7, 11) is 1.33. The zero-order valence-corrected chi connectivity index (χ0v) is 18.1. The number of Topliss-reactive ketones (excluding diaryl/α,β-unsaturated/α-hetero) is 2. The van der Waals surface area contributed by atoms with Crippen molar-refractivity contribution in [3.8, 4) is 5.75 Å². The van der Waals surface area contributed by atoms with Crippen LogP contribution in [0.1, 0.15) is 33.6 Å². The number of methoxy groups -OCH3 is 1. The third-order valence-electron chi connectivity index (χ3n) is 7.69. The van der Waals surface area contributed by atoms with Crippen LogP contribution < -0.4 is 9.64 Å². The van der Waals surface area contributed by atoms with Crippen molar-refractivity contribution in [2.24, 2.45) is 11.8 Å². The number of hydrogen-bond acceptors (Lipinski definition) is 8. The number of imide groups is 1. The number of fused-ring (bicyclic) bond motifs is 6. The topological polar surface area (TPSA) is 127 Å². The Bertz CT molecular complexity index is 1300. The molecule has 1 spiro atoms. The van der Waals surface area contributed by atoms with Crippen molar-refractivity contribution < 1.29 is 28.8 Å². The average molecular weight is 461 g/mol. The maximum atomic E-state index is 13.9. The van der Waals surface area contributed by atoms with E-state index >= 15 is 0 Å².